The lowest BCUT2D eigenvalue weighted by Crippen LogP contribution is -2.50. The number of carbonyl (C=O) groups excluding carboxylic acids is 2. The van der Waals surface area contributed by atoms with Gasteiger partial charge in [0, 0.05) is 6.20 Å². The topological polar surface area (TPSA) is 167 Å². The molecule has 178 valence electrons. The van der Waals surface area contributed by atoms with Gasteiger partial charge in [0.25, 0.3) is 5.72 Å². The Labute approximate surface area is 198 Å². The van der Waals surface area contributed by atoms with E-state index in [1.165, 1.54) is 18.2 Å². The normalized spacial score (nSPS) is 23.3. The Hall–Kier alpha value is -4.53. The first-order valence-corrected chi connectivity index (χ1v) is 10.5. The van der Waals surface area contributed by atoms with Crippen LogP contribution >= 0.6 is 0 Å². The molecular formula is C24H20N4O7. The number of benzene rings is 2. The average molecular weight is 476 g/mol. The number of hydrogen-bond donors (Lipinski definition) is 2. The molecule has 1 aromatic heterocycles. The predicted molar refractivity (Wildman–Crippen MR) is 120 cm³/mol. The number of carbonyl (C=O) groups is 2. The molecule has 0 amide bonds. The van der Waals surface area contributed by atoms with E-state index >= 15 is 0 Å². The van der Waals surface area contributed by atoms with E-state index in [0.717, 1.165) is 10.8 Å². The Kier molecular flexibility index (Phi) is 6.59. The number of aromatic nitrogens is 2. The molecule has 0 bridgehead atoms. The van der Waals surface area contributed by atoms with E-state index in [4.69, 9.17) is 19.9 Å². The Morgan fingerprint density at radius 1 is 1.09 bits per heavy atom. The van der Waals surface area contributed by atoms with Crippen LogP contribution in [0.15, 0.2) is 77.7 Å². The molecule has 1 aliphatic heterocycles. The van der Waals surface area contributed by atoms with Crippen molar-refractivity contribution in [2.24, 2.45) is 0 Å². The lowest BCUT2D eigenvalue weighted by atomic mass is 10.0. The van der Waals surface area contributed by atoms with Crippen LogP contribution < -0.4 is 11.4 Å². The molecule has 1 aliphatic rings. The van der Waals surface area contributed by atoms with Crippen molar-refractivity contribution in [2.75, 3.05) is 12.3 Å². The Morgan fingerprint density at radius 3 is 2.26 bits per heavy atom. The molecular weight excluding hydrogens is 456 g/mol. The van der Waals surface area contributed by atoms with E-state index in [9.17, 15) is 24.8 Å². The zero-order valence-corrected chi connectivity index (χ0v) is 18.2. The maximum absolute atomic E-state index is 12.7. The first-order valence-electron chi connectivity index (χ1n) is 10.5. The van der Waals surface area contributed by atoms with Crippen molar-refractivity contribution in [1.82, 2.24) is 9.55 Å². The van der Waals surface area contributed by atoms with Crippen molar-refractivity contribution in [1.29, 1.82) is 5.26 Å². The van der Waals surface area contributed by atoms with Crippen LogP contribution in [0.5, 0.6) is 0 Å². The predicted octanol–water partition coefficient (Wildman–Crippen LogP) is 0.844. The monoisotopic (exact) mass is 476 g/mol. The van der Waals surface area contributed by atoms with Gasteiger partial charge in [-0.3, -0.25) is 4.57 Å². The lowest BCUT2D eigenvalue weighted by Gasteiger charge is -2.26. The van der Waals surface area contributed by atoms with Gasteiger partial charge in [0.2, 0.25) is 0 Å². The SMILES string of the molecule is N#C[C@@]1(n2ccc(N)nc2=O)O[C@H](COC(=O)c2ccccc2)[C@@H](OC(=O)c2ccccc2)[C@@H]1O. The molecule has 1 saturated heterocycles. The van der Waals surface area contributed by atoms with Gasteiger partial charge < -0.3 is 25.1 Å². The molecule has 0 aliphatic carbocycles. The lowest BCUT2D eigenvalue weighted by molar-refractivity contribution is -0.110. The molecule has 11 heteroatoms. The Balaban J connectivity index is 1.65. The number of aliphatic hydroxyl groups is 1. The van der Waals surface area contributed by atoms with Crippen LogP contribution in [-0.2, 0) is 19.9 Å². The highest BCUT2D eigenvalue weighted by Crippen LogP contribution is 2.37. The molecule has 0 saturated carbocycles. The molecule has 2 aromatic carbocycles. The summed E-state index contributed by atoms with van der Waals surface area (Å²) in [4.78, 5) is 41.2. The van der Waals surface area contributed by atoms with Gasteiger partial charge in [-0.1, -0.05) is 36.4 Å². The van der Waals surface area contributed by atoms with Crippen LogP contribution in [0, 0.1) is 11.3 Å². The van der Waals surface area contributed by atoms with E-state index in [1.807, 2.05) is 0 Å². The number of rotatable bonds is 6. The smallest absolute Gasteiger partial charge is 0.352 e. The number of ether oxygens (including phenoxy) is 3. The summed E-state index contributed by atoms with van der Waals surface area (Å²) in [5, 5.41) is 21.1. The minimum atomic E-state index is -2.33. The summed E-state index contributed by atoms with van der Waals surface area (Å²) in [5.74, 6) is -1.61. The highest BCUT2D eigenvalue weighted by molar-refractivity contribution is 5.90. The minimum absolute atomic E-state index is 0.104. The zero-order chi connectivity index (χ0) is 25.0. The van der Waals surface area contributed by atoms with E-state index in [1.54, 1.807) is 54.6 Å². The first kappa shape index (κ1) is 23.6. The molecule has 0 unspecified atom stereocenters. The molecule has 11 nitrogen and oxygen atoms in total. The van der Waals surface area contributed by atoms with Crippen LogP contribution in [-0.4, -0.2) is 51.5 Å². The van der Waals surface area contributed by atoms with E-state index in [0.29, 0.717) is 0 Å². The zero-order valence-electron chi connectivity index (χ0n) is 18.2. The number of anilines is 1. The number of nitrogens with two attached hydrogens (primary N) is 1. The maximum Gasteiger partial charge on any atom is 0.352 e. The van der Waals surface area contributed by atoms with Crippen molar-refractivity contribution >= 4 is 17.8 Å². The number of esters is 2. The fourth-order valence-corrected chi connectivity index (χ4v) is 3.66. The Bertz CT molecular complexity index is 1320. The standard InChI is InChI=1S/C24H20N4O7/c25-14-24(28-12-11-18(26)27-23(28)32)20(29)19(34-22(31)16-9-5-2-6-10-16)17(35-24)13-33-21(30)15-7-3-1-4-8-15/h1-12,17,19-20,29H,13H2,(H2,26,27,32)/t17-,19-,20+,24-/m1/s1. The highest BCUT2D eigenvalue weighted by Gasteiger charge is 2.59. The molecule has 3 N–H and O–H groups in total. The molecule has 0 radical (unpaired) electrons. The van der Waals surface area contributed by atoms with Crippen molar-refractivity contribution in [2.45, 2.75) is 24.0 Å². The van der Waals surface area contributed by atoms with Crippen molar-refractivity contribution in [3.8, 4) is 6.07 Å². The van der Waals surface area contributed by atoms with Crippen LogP contribution in [0.25, 0.3) is 0 Å². The van der Waals surface area contributed by atoms with E-state index in [2.05, 4.69) is 4.98 Å². The van der Waals surface area contributed by atoms with Gasteiger partial charge in [0.1, 0.15) is 24.6 Å². The summed E-state index contributed by atoms with van der Waals surface area (Å²) in [6, 6.07) is 19.1. The molecule has 0 spiro atoms. The second-order valence-electron chi connectivity index (χ2n) is 7.61. The van der Waals surface area contributed by atoms with Gasteiger partial charge in [-0.15, -0.1) is 0 Å². The summed E-state index contributed by atoms with van der Waals surface area (Å²) in [6.45, 7) is -0.488. The molecule has 4 rings (SSSR count). The van der Waals surface area contributed by atoms with Gasteiger partial charge in [0.15, 0.2) is 12.2 Å². The number of hydrogen-bond acceptors (Lipinski definition) is 10. The summed E-state index contributed by atoms with van der Waals surface area (Å²) in [6.07, 6.45) is -3.49. The van der Waals surface area contributed by atoms with Crippen LogP contribution in [0.4, 0.5) is 5.82 Å². The third-order valence-corrected chi connectivity index (χ3v) is 5.39. The van der Waals surface area contributed by atoms with Gasteiger partial charge in [0.05, 0.1) is 11.1 Å². The second kappa shape index (κ2) is 9.76. The highest BCUT2D eigenvalue weighted by atomic mass is 16.6. The molecule has 4 atom stereocenters. The molecule has 3 aromatic rings. The third kappa shape index (κ3) is 4.61. The third-order valence-electron chi connectivity index (χ3n) is 5.39. The summed E-state index contributed by atoms with van der Waals surface area (Å²) < 4.78 is 17.3. The molecule has 2 heterocycles. The molecule has 1 fully saturated rings. The largest absolute Gasteiger partial charge is 0.459 e. The van der Waals surface area contributed by atoms with Crippen molar-refractivity contribution in [3.63, 3.8) is 0 Å². The van der Waals surface area contributed by atoms with Gasteiger partial charge >= 0.3 is 17.6 Å². The summed E-state index contributed by atoms with van der Waals surface area (Å²) >= 11 is 0. The van der Waals surface area contributed by atoms with Crippen LogP contribution in [0.2, 0.25) is 0 Å². The van der Waals surface area contributed by atoms with Gasteiger partial charge in [-0.05, 0) is 30.3 Å². The number of nitrogen functional groups attached to an aromatic ring is 1. The summed E-state index contributed by atoms with van der Waals surface area (Å²) in [7, 11) is 0. The Morgan fingerprint density at radius 2 is 1.69 bits per heavy atom. The number of nitriles is 1. The summed E-state index contributed by atoms with van der Waals surface area (Å²) in [5.41, 5.74) is 2.67. The van der Waals surface area contributed by atoms with Gasteiger partial charge in [-0.2, -0.15) is 10.2 Å². The molecule has 35 heavy (non-hydrogen) atoms. The quantitative estimate of drug-likeness (QED) is 0.487. The van der Waals surface area contributed by atoms with Crippen LogP contribution in [0.1, 0.15) is 20.7 Å². The van der Waals surface area contributed by atoms with Crippen molar-refractivity contribution < 1.29 is 28.9 Å². The number of nitrogens with zero attached hydrogens (tertiary/aromatic N) is 3. The van der Waals surface area contributed by atoms with Gasteiger partial charge in [-0.25, -0.2) is 14.4 Å². The fraction of sp³-hybridized carbons (Fsp3) is 0.208. The second-order valence-corrected chi connectivity index (χ2v) is 7.61. The number of aliphatic hydroxyl groups excluding tert-OH is 1. The van der Waals surface area contributed by atoms with Crippen molar-refractivity contribution in [3.05, 3.63) is 94.5 Å². The first-order chi connectivity index (χ1) is 16.9. The van der Waals surface area contributed by atoms with E-state index < -0.39 is 48.3 Å². The minimum Gasteiger partial charge on any atom is -0.459 e. The van der Waals surface area contributed by atoms with E-state index in [-0.39, 0.29) is 16.9 Å². The average Bonchev–Trinajstić information content (AvgIpc) is 3.14. The fourth-order valence-electron chi connectivity index (χ4n) is 3.66. The van der Waals surface area contributed by atoms with Crippen LogP contribution in [0.3, 0.4) is 0 Å². The maximum atomic E-state index is 12.7.